The monoisotopic (exact) mass is 545 g/mol. The third-order valence-electron chi connectivity index (χ3n) is 5.98. The summed E-state index contributed by atoms with van der Waals surface area (Å²) >= 11 is 0. The standard InChI is InChI=1S/C23H39N5O2.HI/c1-4-24-23(25-10-7-13-27-11-5-6-12-27)26-19-8-14-28(15-9-19)20-16-21(29-2)18-22(17-20)30-3;/h16-19H,4-15H2,1-3H3,(H2,24,25,26);1H. The Labute approximate surface area is 205 Å². The molecule has 0 amide bonds. The summed E-state index contributed by atoms with van der Waals surface area (Å²) in [7, 11) is 3.39. The number of rotatable bonds is 9. The average Bonchev–Trinajstić information content (AvgIpc) is 3.30. The van der Waals surface area contributed by atoms with Crippen molar-refractivity contribution in [1.82, 2.24) is 15.5 Å². The summed E-state index contributed by atoms with van der Waals surface area (Å²) in [4.78, 5) is 9.77. The zero-order valence-corrected chi connectivity index (χ0v) is 21.7. The van der Waals surface area contributed by atoms with Crippen molar-refractivity contribution >= 4 is 35.6 Å². The van der Waals surface area contributed by atoms with E-state index in [-0.39, 0.29) is 24.0 Å². The van der Waals surface area contributed by atoms with Crippen LogP contribution in [0.15, 0.2) is 23.2 Å². The number of ether oxygens (including phenoxy) is 2. The maximum Gasteiger partial charge on any atom is 0.191 e. The number of methoxy groups -OCH3 is 2. The number of benzene rings is 1. The molecule has 2 N–H and O–H groups in total. The lowest BCUT2D eigenvalue weighted by molar-refractivity contribution is 0.336. The molecule has 0 saturated carbocycles. The lowest BCUT2D eigenvalue weighted by atomic mass is 10.0. The van der Waals surface area contributed by atoms with Crippen LogP contribution in [0.5, 0.6) is 11.5 Å². The summed E-state index contributed by atoms with van der Waals surface area (Å²) in [6.45, 7) is 9.60. The molecule has 2 aliphatic heterocycles. The van der Waals surface area contributed by atoms with Crippen molar-refractivity contribution in [1.29, 1.82) is 0 Å². The molecule has 31 heavy (non-hydrogen) atoms. The smallest absolute Gasteiger partial charge is 0.191 e. The fourth-order valence-electron chi connectivity index (χ4n) is 4.26. The molecule has 7 nitrogen and oxygen atoms in total. The van der Waals surface area contributed by atoms with Crippen molar-refractivity contribution in [2.24, 2.45) is 4.99 Å². The molecule has 0 aromatic heterocycles. The summed E-state index contributed by atoms with van der Waals surface area (Å²) in [5.41, 5.74) is 1.16. The zero-order valence-electron chi connectivity index (χ0n) is 19.4. The van der Waals surface area contributed by atoms with Gasteiger partial charge >= 0.3 is 0 Å². The Balaban J connectivity index is 0.00000341. The third kappa shape index (κ3) is 8.21. The van der Waals surface area contributed by atoms with Crippen molar-refractivity contribution in [3.05, 3.63) is 18.2 Å². The van der Waals surface area contributed by atoms with E-state index in [1.165, 1.54) is 32.5 Å². The van der Waals surface area contributed by atoms with Gasteiger partial charge in [-0.05, 0) is 58.7 Å². The molecule has 0 bridgehead atoms. The number of likely N-dealkylation sites (tertiary alicyclic amines) is 1. The van der Waals surface area contributed by atoms with Crippen LogP contribution in [0.1, 0.15) is 39.0 Å². The molecule has 3 rings (SSSR count). The van der Waals surface area contributed by atoms with E-state index in [1.807, 2.05) is 6.07 Å². The van der Waals surface area contributed by atoms with Gasteiger partial charge in [-0.25, -0.2) is 0 Å². The minimum absolute atomic E-state index is 0. The van der Waals surface area contributed by atoms with Gasteiger partial charge in [-0.15, -0.1) is 24.0 Å². The van der Waals surface area contributed by atoms with Crippen molar-refractivity contribution in [3.63, 3.8) is 0 Å². The lowest BCUT2D eigenvalue weighted by Gasteiger charge is -2.34. The SMILES string of the molecule is CCNC(=NCCCN1CCCC1)NC1CCN(c2cc(OC)cc(OC)c2)CC1.I. The van der Waals surface area contributed by atoms with E-state index in [0.717, 1.165) is 68.6 Å². The minimum Gasteiger partial charge on any atom is -0.497 e. The number of hydrogen-bond acceptors (Lipinski definition) is 5. The third-order valence-corrected chi connectivity index (χ3v) is 5.98. The molecule has 176 valence electrons. The normalized spacial score (nSPS) is 17.9. The van der Waals surface area contributed by atoms with Crippen LogP contribution >= 0.6 is 24.0 Å². The van der Waals surface area contributed by atoms with E-state index in [4.69, 9.17) is 14.5 Å². The van der Waals surface area contributed by atoms with Gasteiger partial charge in [0.2, 0.25) is 0 Å². The number of guanidine groups is 1. The van der Waals surface area contributed by atoms with Crippen LogP contribution < -0.4 is 25.0 Å². The molecule has 2 heterocycles. The summed E-state index contributed by atoms with van der Waals surface area (Å²) in [6.07, 6.45) is 6.01. The Bertz CT molecular complexity index is 652. The predicted octanol–water partition coefficient (Wildman–Crippen LogP) is 3.33. The molecule has 0 spiro atoms. The van der Waals surface area contributed by atoms with Crippen LogP contribution in [0.3, 0.4) is 0 Å². The van der Waals surface area contributed by atoms with Crippen LogP contribution in [0.25, 0.3) is 0 Å². The number of nitrogens with one attached hydrogen (secondary N) is 2. The number of piperidine rings is 1. The van der Waals surface area contributed by atoms with Crippen LogP contribution in [0.2, 0.25) is 0 Å². The van der Waals surface area contributed by atoms with E-state index in [9.17, 15) is 0 Å². The van der Waals surface area contributed by atoms with Gasteiger partial charge in [-0.3, -0.25) is 4.99 Å². The second-order valence-electron chi connectivity index (χ2n) is 8.14. The first-order valence-corrected chi connectivity index (χ1v) is 11.5. The summed E-state index contributed by atoms with van der Waals surface area (Å²) < 4.78 is 10.8. The Kier molecular flexibility index (Phi) is 11.6. The molecule has 2 fully saturated rings. The van der Waals surface area contributed by atoms with Crippen molar-refractivity contribution in [3.8, 4) is 11.5 Å². The highest BCUT2D eigenvalue weighted by Gasteiger charge is 2.21. The first-order chi connectivity index (χ1) is 14.7. The second kappa shape index (κ2) is 13.9. The van der Waals surface area contributed by atoms with Crippen molar-refractivity contribution in [2.45, 2.75) is 45.1 Å². The largest absolute Gasteiger partial charge is 0.497 e. The van der Waals surface area contributed by atoms with E-state index in [0.29, 0.717) is 6.04 Å². The molecular formula is C23H40IN5O2. The Hall–Kier alpha value is -1.42. The molecule has 0 atom stereocenters. The molecule has 1 aromatic carbocycles. The van der Waals surface area contributed by atoms with Crippen LogP contribution in [-0.4, -0.2) is 76.9 Å². The topological polar surface area (TPSA) is 61.4 Å². The first kappa shape index (κ1) is 25.8. The fourth-order valence-corrected chi connectivity index (χ4v) is 4.26. The highest BCUT2D eigenvalue weighted by atomic mass is 127. The second-order valence-corrected chi connectivity index (χ2v) is 8.14. The number of halogens is 1. The Morgan fingerprint density at radius 3 is 2.26 bits per heavy atom. The van der Waals surface area contributed by atoms with Gasteiger partial charge in [-0.2, -0.15) is 0 Å². The van der Waals surface area contributed by atoms with Crippen LogP contribution in [0.4, 0.5) is 5.69 Å². The summed E-state index contributed by atoms with van der Waals surface area (Å²) in [6, 6.07) is 6.54. The fraction of sp³-hybridized carbons (Fsp3) is 0.696. The highest BCUT2D eigenvalue weighted by molar-refractivity contribution is 14.0. The van der Waals surface area contributed by atoms with Crippen molar-refractivity contribution in [2.75, 3.05) is 64.9 Å². The van der Waals surface area contributed by atoms with E-state index < -0.39 is 0 Å². The van der Waals surface area contributed by atoms with Gasteiger partial charge in [0.15, 0.2) is 5.96 Å². The zero-order chi connectivity index (χ0) is 21.2. The number of anilines is 1. The average molecular weight is 546 g/mol. The number of aliphatic imine (C=N–C) groups is 1. The number of hydrogen-bond donors (Lipinski definition) is 2. The molecule has 0 unspecified atom stereocenters. The molecule has 8 heteroatoms. The van der Waals surface area contributed by atoms with Crippen LogP contribution in [0, 0.1) is 0 Å². The van der Waals surface area contributed by atoms with E-state index in [2.05, 4.69) is 39.5 Å². The van der Waals surface area contributed by atoms with Gasteiger partial charge in [0, 0.05) is 56.1 Å². The minimum atomic E-state index is 0. The van der Waals surface area contributed by atoms with E-state index in [1.54, 1.807) is 14.2 Å². The maximum atomic E-state index is 5.42. The molecule has 2 saturated heterocycles. The Morgan fingerprint density at radius 1 is 1.03 bits per heavy atom. The lowest BCUT2D eigenvalue weighted by Crippen LogP contribution is -2.48. The summed E-state index contributed by atoms with van der Waals surface area (Å²) in [5.74, 6) is 2.63. The predicted molar refractivity (Wildman–Crippen MR) is 140 cm³/mol. The molecule has 0 aliphatic carbocycles. The molecule has 1 aromatic rings. The molecule has 2 aliphatic rings. The van der Waals surface area contributed by atoms with Crippen molar-refractivity contribution < 1.29 is 9.47 Å². The Morgan fingerprint density at radius 2 is 1.68 bits per heavy atom. The van der Waals surface area contributed by atoms with Gasteiger partial charge in [0.05, 0.1) is 14.2 Å². The van der Waals surface area contributed by atoms with E-state index >= 15 is 0 Å². The van der Waals surface area contributed by atoms with Crippen LogP contribution in [-0.2, 0) is 0 Å². The summed E-state index contributed by atoms with van der Waals surface area (Å²) in [5, 5.41) is 7.06. The molecule has 0 radical (unpaired) electrons. The number of nitrogens with zero attached hydrogens (tertiary/aromatic N) is 3. The van der Waals surface area contributed by atoms with Gasteiger partial charge in [-0.1, -0.05) is 0 Å². The van der Waals surface area contributed by atoms with Gasteiger partial charge in [0.25, 0.3) is 0 Å². The first-order valence-electron chi connectivity index (χ1n) is 11.5. The van der Waals surface area contributed by atoms with Gasteiger partial charge < -0.3 is 29.9 Å². The van der Waals surface area contributed by atoms with Gasteiger partial charge in [0.1, 0.15) is 11.5 Å². The quantitative estimate of drug-likeness (QED) is 0.215. The highest BCUT2D eigenvalue weighted by Crippen LogP contribution is 2.30. The molecular weight excluding hydrogens is 505 g/mol. The maximum absolute atomic E-state index is 5.42.